The van der Waals surface area contributed by atoms with E-state index in [4.69, 9.17) is 23.3 Å². The average molecular weight is 595 g/mol. The second-order valence-corrected chi connectivity index (χ2v) is 9.02. The zero-order valence-corrected chi connectivity index (χ0v) is 31.1. The summed E-state index contributed by atoms with van der Waals surface area (Å²) in [6, 6.07) is 2.18. The van der Waals surface area contributed by atoms with E-state index in [0.29, 0.717) is 0 Å². The zero-order valence-electron chi connectivity index (χ0n) is 30.2. The summed E-state index contributed by atoms with van der Waals surface area (Å²) in [6.07, 6.45) is 14.4. The van der Waals surface area contributed by atoms with Crippen LogP contribution in [0.3, 0.4) is 0 Å². The highest BCUT2D eigenvalue weighted by Crippen LogP contribution is 2.41. The van der Waals surface area contributed by atoms with Gasteiger partial charge in [-0.05, 0) is 105 Å². The molecule has 1 heterocycles. The number of pyridine rings is 1. The molecule has 2 nitrogen and oxygen atoms in total. The van der Waals surface area contributed by atoms with Crippen LogP contribution in [-0.2, 0) is 12.8 Å². The summed E-state index contributed by atoms with van der Waals surface area (Å²) in [5.74, 6) is 2.25. The van der Waals surface area contributed by atoms with Gasteiger partial charge in [-0.1, -0.05) is 94.0 Å². The third kappa shape index (κ3) is 13.6. The fourth-order valence-corrected chi connectivity index (χ4v) is 4.84. The number of hydrogen-bond acceptors (Lipinski definition) is 3. The van der Waals surface area contributed by atoms with Crippen LogP contribution in [0.25, 0.3) is 16.5 Å². The lowest BCUT2D eigenvalue weighted by molar-refractivity contribution is 0.632. The molecular formula is C39H66N2S. The highest BCUT2D eigenvalue weighted by molar-refractivity contribution is 7.80. The maximum absolute atomic E-state index is 6.64. The smallest absolute Gasteiger partial charge is 0.0727 e. The predicted octanol–water partition coefficient (Wildman–Crippen LogP) is 12.6. The molecule has 1 aromatic carbocycles. The van der Waals surface area contributed by atoms with Gasteiger partial charge in [0.25, 0.3) is 0 Å². The van der Waals surface area contributed by atoms with Gasteiger partial charge < -0.3 is 5.73 Å². The Morgan fingerprint density at radius 3 is 1.98 bits per heavy atom. The number of aryl methyl sites for hydroxylation is 1. The molecule has 238 valence electrons. The van der Waals surface area contributed by atoms with Crippen molar-refractivity contribution in [3.05, 3.63) is 76.5 Å². The molecule has 1 aliphatic carbocycles. The number of hydrogen-bond donors (Lipinski definition) is 2. The Balaban J connectivity index is -0.000000446. The van der Waals surface area contributed by atoms with E-state index in [-0.39, 0.29) is 6.04 Å². The minimum atomic E-state index is 0.0701. The van der Waals surface area contributed by atoms with Gasteiger partial charge in [0.15, 0.2) is 0 Å². The molecule has 0 saturated heterocycles. The number of nitrogens with two attached hydrogens (primary N) is 1. The quantitative estimate of drug-likeness (QED) is 0.156. The van der Waals surface area contributed by atoms with Crippen LogP contribution >= 0.6 is 12.6 Å². The first-order valence-electron chi connectivity index (χ1n) is 16.1. The van der Waals surface area contributed by atoms with E-state index >= 15 is 0 Å². The molecule has 1 unspecified atom stereocenters. The number of aromatic nitrogens is 1. The number of benzene rings is 1. The Bertz CT molecular complexity index is 1140. The van der Waals surface area contributed by atoms with Crippen LogP contribution in [0, 0.1) is 19.3 Å². The van der Waals surface area contributed by atoms with Crippen molar-refractivity contribution in [1.82, 2.24) is 4.98 Å². The van der Waals surface area contributed by atoms with Crippen LogP contribution < -0.4 is 5.73 Å². The number of thiol groups is 1. The van der Waals surface area contributed by atoms with Crippen molar-refractivity contribution in [2.75, 3.05) is 0 Å². The number of rotatable bonds is 5. The fourth-order valence-electron chi connectivity index (χ4n) is 4.58. The average Bonchev–Trinajstić information content (AvgIpc) is 3.01. The highest BCUT2D eigenvalue weighted by atomic mass is 32.1. The monoisotopic (exact) mass is 594 g/mol. The van der Waals surface area contributed by atoms with Crippen molar-refractivity contribution in [3.8, 4) is 12.3 Å². The standard InChI is InChI=1S/C25H32N2S.C3H6.C3H4.4C2H6/c1-7-17(8-2)14(4)12-15(5)25-18(9-3)23-20(26)11-10-19-16(6)22(28)13-21(27-25)24(19)23;2*1-3-2;4*1-2/h7,12-13,20,28H,1,8-11,26H2,2-6H3;3H,1H2,2H3;1H,2H3;4*1-2H3/b15-12+,17-14+;;;;;;. The van der Waals surface area contributed by atoms with E-state index < -0.39 is 0 Å². The lowest BCUT2D eigenvalue weighted by Gasteiger charge is -2.28. The molecule has 3 heteroatoms. The van der Waals surface area contributed by atoms with E-state index in [1.165, 1.54) is 44.4 Å². The third-order valence-corrected chi connectivity index (χ3v) is 6.62. The fraction of sp³-hybridized carbons (Fsp3) is 0.513. The molecule has 1 atom stereocenters. The van der Waals surface area contributed by atoms with E-state index in [1.54, 1.807) is 13.0 Å². The van der Waals surface area contributed by atoms with Crippen molar-refractivity contribution >= 4 is 29.1 Å². The van der Waals surface area contributed by atoms with Gasteiger partial charge in [-0.15, -0.1) is 31.6 Å². The highest BCUT2D eigenvalue weighted by Gasteiger charge is 2.26. The zero-order chi connectivity index (χ0) is 34.0. The molecule has 1 aliphatic rings. The molecule has 0 spiro atoms. The van der Waals surface area contributed by atoms with E-state index in [9.17, 15) is 0 Å². The van der Waals surface area contributed by atoms with Crippen molar-refractivity contribution in [1.29, 1.82) is 0 Å². The molecule has 0 bridgehead atoms. The molecule has 3 rings (SSSR count). The molecule has 1 aromatic heterocycles. The summed E-state index contributed by atoms with van der Waals surface area (Å²) in [6.45, 7) is 37.7. The van der Waals surface area contributed by atoms with Crippen molar-refractivity contribution < 1.29 is 0 Å². The number of terminal acetylenes is 1. The first kappa shape index (κ1) is 46.4. The molecule has 42 heavy (non-hydrogen) atoms. The normalized spacial score (nSPS) is 12.9. The molecular weight excluding hydrogens is 529 g/mol. The SMILES string of the molecule is C#CC.C=C/C(CC)=C(C)\C=C(/C)c1nc2cc(S)c(C)c3c2c(c1CC)C(N)CC3.C=CC.CC.CC.CC.CC. The lowest BCUT2D eigenvalue weighted by Crippen LogP contribution is -2.21. The Morgan fingerprint density at radius 2 is 1.57 bits per heavy atom. The Morgan fingerprint density at radius 1 is 1.10 bits per heavy atom. The second kappa shape index (κ2) is 28.6. The Kier molecular flexibility index (Phi) is 31.6. The molecule has 0 saturated carbocycles. The summed E-state index contributed by atoms with van der Waals surface area (Å²) in [5.41, 5.74) is 17.7. The van der Waals surface area contributed by atoms with Crippen LogP contribution in [0.15, 0.2) is 53.5 Å². The molecule has 2 aromatic rings. The first-order valence-corrected chi connectivity index (χ1v) is 16.5. The maximum atomic E-state index is 6.64. The van der Waals surface area contributed by atoms with Gasteiger partial charge >= 0.3 is 0 Å². The summed E-state index contributed by atoms with van der Waals surface area (Å²) >= 11 is 4.72. The van der Waals surface area contributed by atoms with Gasteiger partial charge in [-0.25, -0.2) is 4.98 Å². The summed E-state index contributed by atoms with van der Waals surface area (Å²) in [4.78, 5) is 6.15. The van der Waals surface area contributed by atoms with E-state index in [2.05, 4.69) is 72.3 Å². The van der Waals surface area contributed by atoms with Crippen LogP contribution in [0.1, 0.15) is 144 Å². The molecule has 0 fully saturated rings. The largest absolute Gasteiger partial charge is 0.324 e. The van der Waals surface area contributed by atoms with Crippen LogP contribution in [0.2, 0.25) is 0 Å². The van der Waals surface area contributed by atoms with Gasteiger partial charge in [0, 0.05) is 16.3 Å². The molecule has 0 aliphatic heterocycles. The molecule has 2 N–H and O–H groups in total. The third-order valence-electron chi connectivity index (χ3n) is 6.15. The topological polar surface area (TPSA) is 38.9 Å². The second-order valence-electron chi connectivity index (χ2n) is 8.53. The lowest BCUT2D eigenvalue weighted by atomic mass is 9.81. The number of nitrogens with zero attached hydrogens (tertiary/aromatic N) is 1. The predicted molar refractivity (Wildman–Crippen MR) is 201 cm³/mol. The number of allylic oxidation sites excluding steroid dienone is 6. The minimum absolute atomic E-state index is 0.0701. The van der Waals surface area contributed by atoms with E-state index in [0.717, 1.165) is 41.8 Å². The van der Waals surface area contributed by atoms with Crippen molar-refractivity contribution in [2.45, 2.75) is 140 Å². The van der Waals surface area contributed by atoms with Gasteiger partial charge in [0.1, 0.15) is 0 Å². The van der Waals surface area contributed by atoms with Crippen LogP contribution in [-0.4, -0.2) is 4.98 Å². The Labute approximate surface area is 268 Å². The summed E-state index contributed by atoms with van der Waals surface area (Å²) in [5, 5.41) is 1.27. The van der Waals surface area contributed by atoms with Gasteiger partial charge in [-0.3, -0.25) is 0 Å². The van der Waals surface area contributed by atoms with Crippen LogP contribution in [0.4, 0.5) is 0 Å². The van der Waals surface area contributed by atoms with Crippen LogP contribution in [0.5, 0.6) is 0 Å². The molecule has 0 radical (unpaired) electrons. The summed E-state index contributed by atoms with van der Waals surface area (Å²) < 4.78 is 0. The minimum Gasteiger partial charge on any atom is -0.324 e. The summed E-state index contributed by atoms with van der Waals surface area (Å²) in [7, 11) is 0. The van der Waals surface area contributed by atoms with Gasteiger partial charge in [0.2, 0.25) is 0 Å². The van der Waals surface area contributed by atoms with E-state index in [1.807, 2.05) is 68.4 Å². The Hall–Kier alpha value is -2.54. The van der Waals surface area contributed by atoms with Gasteiger partial charge in [0.05, 0.1) is 11.2 Å². The molecule has 0 amide bonds. The first-order chi connectivity index (χ1) is 20.2. The maximum Gasteiger partial charge on any atom is 0.0727 e. The van der Waals surface area contributed by atoms with Crippen molar-refractivity contribution in [3.63, 3.8) is 0 Å². The van der Waals surface area contributed by atoms with Gasteiger partial charge in [-0.2, -0.15) is 0 Å². The van der Waals surface area contributed by atoms with Crippen molar-refractivity contribution in [2.24, 2.45) is 5.73 Å².